The molecule has 4 nitrogen and oxygen atoms in total. The highest BCUT2D eigenvalue weighted by Crippen LogP contribution is 2.30. The third-order valence-electron chi connectivity index (χ3n) is 3.32. The van der Waals surface area contributed by atoms with Crippen LogP contribution in [0.5, 0.6) is 11.5 Å². The second-order valence-electron chi connectivity index (χ2n) is 5.15. The molecule has 1 aromatic rings. The molecule has 1 atom stereocenters. The quantitative estimate of drug-likeness (QED) is 0.813. The Hall–Kier alpha value is -1.55. The van der Waals surface area contributed by atoms with E-state index in [2.05, 4.69) is 11.9 Å². The van der Waals surface area contributed by atoms with Crippen LogP contribution in [0.1, 0.15) is 18.9 Å². The van der Waals surface area contributed by atoms with Crippen LogP contribution >= 0.6 is 0 Å². The fourth-order valence-corrected chi connectivity index (χ4v) is 2.38. The van der Waals surface area contributed by atoms with Crippen molar-refractivity contribution in [1.82, 2.24) is 4.90 Å². The molecular formula is C15H21NO3. The minimum Gasteiger partial charge on any atom is -0.493 e. The summed E-state index contributed by atoms with van der Waals surface area (Å²) in [5.74, 6) is 1.61. The van der Waals surface area contributed by atoms with E-state index >= 15 is 0 Å². The predicted octanol–water partition coefficient (Wildman–Crippen LogP) is 1.91. The Bertz CT molecular complexity index is 459. The Morgan fingerprint density at radius 3 is 2.79 bits per heavy atom. The number of hydrogen-bond acceptors (Lipinski definition) is 4. The van der Waals surface area contributed by atoms with Gasteiger partial charge in [0.2, 0.25) is 0 Å². The van der Waals surface area contributed by atoms with E-state index in [-0.39, 0.29) is 11.9 Å². The molecule has 0 spiro atoms. The zero-order valence-electron chi connectivity index (χ0n) is 11.8. The van der Waals surface area contributed by atoms with Crippen LogP contribution in [0.2, 0.25) is 0 Å². The van der Waals surface area contributed by atoms with Gasteiger partial charge in [0.15, 0.2) is 11.5 Å². The summed E-state index contributed by atoms with van der Waals surface area (Å²) in [5, 5.41) is 0. The normalized spacial score (nSPS) is 19.4. The highest BCUT2D eigenvalue weighted by atomic mass is 16.5. The number of likely N-dealkylation sites (N-methyl/N-ethyl adjacent to an activating group) is 1. The third kappa shape index (κ3) is 3.70. The van der Waals surface area contributed by atoms with Gasteiger partial charge in [-0.1, -0.05) is 6.07 Å². The Balaban J connectivity index is 2.09. The smallest absolute Gasteiger partial charge is 0.161 e. The second-order valence-corrected chi connectivity index (χ2v) is 5.15. The Kier molecular flexibility index (Phi) is 4.43. The van der Waals surface area contributed by atoms with Gasteiger partial charge in [-0.2, -0.15) is 0 Å². The van der Waals surface area contributed by atoms with Gasteiger partial charge in [0.25, 0.3) is 0 Å². The molecule has 1 fully saturated rings. The first-order chi connectivity index (χ1) is 9.08. The van der Waals surface area contributed by atoms with Crippen molar-refractivity contribution in [2.75, 3.05) is 27.2 Å². The number of ketones is 1. The van der Waals surface area contributed by atoms with E-state index in [1.165, 1.54) is 0 Å². The molecule has 19 heavy (non-hydrogen) atoms. The van der Waals surface area contributed by atoms with E-state index < -0.39 is 0 Å². The van der Waals surface area contributed by atoms with Crippen molar-refractivity contribution < 1.29 is 14.3 Å². The lowest BCUT2D eigenvalue weighted by Gasteiger charge is -2.16. The zero-order valence-corrected chi connectivity index (χ0v) is 11.8. The minimum atomic E-state index is 0.146. The number of likely N-dealkylation sites (tertiary alicyclic amines) is 1. The van der Waals surface area contributed by atoms with E-state index in [1.54, 1.807) is 14.0 Å². The van der Waals surface area contributed by atoms with Gasteiger partial charge < -0.3 is 14.4 Å². The molecule has 1 heterocycles. The number of nitrogens with zero attached hydrogens (tertiary/aromatic N) is 1. The Morgan fingerprint density at radius 1 is 1.42 bits per heavy atom. The number of rotatable bonds is 5. The van der Waals surface area contributed by atoms with Crippen molar-refractivity contribution in [3.8, 4) is 11.5 Å². The summed E-state index contributed by atoms with van der Waals surface area (Å²) in [4.78, 5) is 13.4. The molecular weight excluding hydrogens is 242 g/mol. The monoisotopic (exact) mass is 263 g/mol. The highest BCUT2D eigenvalue weighted by molar-refractivity contribution is 5.78. The molecule has 0 N–H and O–H groups in total. The lowest BCUT2D eigenvalue weighted by Crippen LogP contribution is -2.21. The second kappa shape index (κ2) is 6.06. The maximum atomic E-state index is 11.1. The SMILES string of the molecule is COc1cc(CC(C)=O)ccc1OC1CCN(C)C1. The van der Waals surface area contributed by atoms with Gasteiger partial charge in [-0.05, 0) is 38.1 Å². The first-order valence-electron chi connectivity index (χ1n) is 6.60. The van der Waals surface area contributed by atoms with E-state index in [1.807, 2.05) is 18.2 Å². The van der Waals surface area contributed by atoms with Gasteiger partial charge in [0.05, 0.1) is 7.11 Å². The molecule has 2 rings (SSSR count). The van der Waals surface area contributed by atoms with Gasteiger partial charge >= 0.3 is 0 Å². The molecule has 0 bridgehead atoms. The molecule has 0 amide bonds. The van der Waals surface area contributed by atoms with Gasteiger partial charge in [0.1, 0.15) is 11.9 Å². The predicted molar refractivity (Wildman–Crippen MR) is 73.9 cm³/mol. The summed E-state index contributed by atoms with van der Waals surface area (Å²) in [6.07, 6.45) is 1.69. The molecule has 1 unspecified atom stereocenters. The Labute approximate surface area is 114 Å². The first-order valence-corrected chi connectivity index (χ1v) is 6.60. The topological polar surface area (TPSA) is 38.8 Å². The van der Waals surface area contributed by atoms with E-state index in [0.29, 0.717) is 12.2 Å². The van der Waals surface area contributed by atoms with E-state index in [9.17, 15) is 4.79 Å². The summed E-state index contributed by atoms with van der Waals surface area (Å²) < 4.78 is 11.3. The third-order valence-corrected chi connectivity index (χ3v) is 3.32. The number of ether oxygens (including phenoxy) is 2. The molecule has 1 saturated heterocycles. The molecule has 1 aromatic carbocycles. The minimum absolute atomic E-state index is 0.146. The fourth-order valence-electron chi connectivity index (χ4n) is 2.38. The standard InChI is InChI=1S/C15H21NO3/c1-11(17)8-12-4-5-14(15(9-12)18-3)19-13-6-7-16(2)10-13/h4-5,9,13H,6-8,10H2,1-3H3. The van der Waals surface area contributed by atoms with Crippen molar-refractivity contribution in [3.63, 3.8) is 0 Å². The van der Waals surface area contributed by atoms with Crippen molar-refractivity contribution in [2.24, 2.45) is 0 Å². The van der Waals surface area contributed by atoms with Crippen LogP contribution in [-0.2, 0) is 11.2 Å². The highest BCUT2D eigenvalue weighted by Gasteiger charge is 2.22. The van der Waals surface area contributed by atoms with Gasteiger partial charge in [-0.25, -0.2) is 0 Å². The van der Waals surface area contributed by atoms with Gasteiger partial charge in [-0.3, -0.25) is 4.79 Å². The summed E-state index contributed by atoms with van der Waals surface area (Å²) in [6, 6.07) is 5.71. The van der Waals surface area contributed by atoms with Crippen molar-refractivity contribution in [2.45, 2.75) is 25.9 Å². The van der Waals surface area contributed by atoms with Crippen molar-refractivity contribution in [3.05, 3.63) is 23.8 Å². The summed E-state index contributed by atoms with van der Waals surface area (Å²) in [7, 11) is 3.72. The van der Waals surface area contributed by atoms with Crippen LogP contribution < -0.4 is 9.47 Å². The molecule has 104 valence electrons. The van der Waals surface area contributed by atoms with Gasteiger partial charge in [0, 0.05) is 19.5 Å². The van der Waals surface area contributed by atoms with E-state index in [4.69, 9.17) is 9.47 Å². The van der Waals surface area contributed by atoms with Crippen LogP contribution in [0.25, 0.3) is 0 Å². The molecule has 0 aromatic heterocycles. The molecule has 1 aliphatic rings. The number of methoxy groups -OCH3 is 1. The molecule has 1 aliphatic heterocycles. The first kappa shape index (κ1) is 13.9. The van der Waals surface area contributed by atoms with Crippen LogP contribution in [-0.4, -0.2) is 44.0 Å². The molecule has 4 heteroatoms. The van der Waals surface area contributed by atoms with Crippen LogP contribution in [0, 0.1) is 0 Å². The van der Waals surface area contributed by atoms with Crippen LogP contribution in [0.3, 0.4) is 0 Å². The van der Waals surface area contributed by atoms with Gasteiger partial charge in [-0.15, -0.1) is 0 Å². The number of benzene rings is 1. The number of carbonyl (C=O) groups excluding carboxylic acids is 1. The number of carbonyl (C=O) groups is 1. The van der Waals surface area contributed by atoms with Crippen LogP contribution in [0.15, 0.2) is 18.2 Å². The number of hydrogen-bond donors (Lipinski definition) is 0. The average Bonchev–Trinajstić information content (AvgIpc) is 2.76. The van der Waals surface area contributed by atoms with Crippen molar-refractivity contribution in [1.29, 1.82) is 0 Å². The molecule has 0 saturated carbocycles. The number of Topliss-reactive ketones (excluding diaryl/α,β-unsaturated/α-hetero) is 1. The lowest BCUT2D eigenvalue weighted by molar-refractivity contribution is -0.116. The lowest BCUT2D eigenvalue weighted by atomic mass is 10.1. The molecule has 0 radical (unpaired) electrons. The summed E-state index contributed by atoms with van der Waals surface area (Å²) >= 11 is 0. The van der Waals surface area contributed by atoms with Crippen molar-refractivity contribution >= 4 is 5.78 Å². The zero-order chi connectivity index (χ0) is 13.8. The van der Waals surface area contributed by atoms with Crippen LogP contribution in [0.4, 0.5) is 0 Å². The largest absolute Gasteiger partial charge is 0.493 e. The summed E-state index contributed by atoms with van der Waals surface area (Å²) in [5.41, 5.74) is 0.959. The maximum absolute atomic E-state index is 11.1. The van der Waals surface area contributed by atoms with E-state index in [0.717, 1.165) is 30.8 Å². The average molecular weight is 263 g/mol. The fraction of sp³-hybridized carbons (Fsp3) is 0.533. The molecule has 0 aliphatic carbocycles. The Morgan fingerprint density at radius 2 is 2.21 bits per heavy atom. The summed E-state index contributed by atoms with van der Waals surface area (Å²) in [6.45, 7) is 3.60. The maximum Gasteiger partial charge on any atom is 0.161 e.